The molecule has 2 aromatic heterocycles. The second kappa shape index (κ2) is 4.59. The smallest absolute Gasteiger partial charge is 0.274 e. The number of nitrogens with zero attached hydrogens (tertiary/aromatic N) is 3. The van der Waals surface area contributed by atoms with Crippen LogP contribution in [0.4, 0.5) is 0 Å². The summed E-state index contributed by atoms with van der Waals surface area (Å²) < 4.78 is 0. The third-order valence-corrected chi connectivity index (χ3v) is 2.90. The number of aryl methyl sites for hydroxylation is 3. The first kappa shape index (κ1) is 12.3. The number of aromatic nitrogens is 5. The van der Waals surface area contributed by atoms with Gasteiger partial charge in [0, 0.05) is 11.3 Å². The summed E-state index contributed by atoms with van der Waals surface area (Å²) in [6.07, 6.45) is 0. The summed E-state index contributed by atoms with van der Waals surface area (Å²) in [5, 5.41) is 20.0. The summed E-state index contributed by atoms with van der Waals surface area (Å²) in [5.74, 6) is -0.242. The zero-order valence-corrected chi connectivity index (χ0v) is 10.8. The van der Waals surface area contributed by atoms with Gasteiger partial charge in [-0.1, -0.05) is 0 Å². The molecule has 0 aliphatic carbocycles. The average molecular weight is 248 g/mol. The van der Waals surface area contributed by atoms with E-state index in [4.69, 9.17) is 0 Å². The van der Waals surface area contributed by atoms with Crippen LogP contribution in [-0.2, 0) is 0 Å². The minimum absolute atomic E-state index is 0.132. The molecule has 3 N–H and O–H groups in total. The fourth-order valence-corrected chi connectivity index (χ4v) is 2.03. The molecule has 0 aliphatic heterocycles. The van der Waals surface area contributed by atoms with Gasteiger partial charge < -0.3 is 5.32 Å². The van der Waals surface area contributed by atoms with Crippen molar-refractivity contribution in [3.05, 3.63) is 28.3 Å². The maximum Gasteiger partial charge on any atom is 0.274 e. The molecule has 7 nitrogen and oxygen atoms in total. The normalized spacial score (nSPS) is 12.4. The molecule has 2 aromatic rings. The van der Waals surface area contributed by atoms with Crippen LogP contribution in [0.2, 0.25) is 0 Å². The minimum atomic E-state index is -0.242. The molecule has 2 heterocycles. The Kier molecular flexibility index (Phi) is 3.14. The molecule has 0 fully saturated rings. The second-order valence-electron chi connectivity index (χ2n) is 4.30. The van der Waals surface area contributed by atoms with Gasteiger partial charge in [-0.3, -0.25) is 9.89 Å². The van der Waals surface area contributed by atoms with Gasteiger partial charge in [0.1, 0.15) is 0 Å². The van der Waals surface area contributed by atoms with Crippen molar-refractivity contribution in [1.82, 2.24) is 30.9 Å². The average Bonchev–Trinajstić information content (AvgIpc) is 2.85. The Morgan fingerprint density at radius 2 is 1.89 bits per heavy atom. The van der Waals surface area contributed by atoms with Gasteiger partial charge in [-0.05, 0) is 27.7 Å². The van der Waals surface area contributed by atoms with E-state index in [2.05, 4.69) is 30.9 Å². The number of rotatable bonds is 3. The Balaban J connectivity index is 2.16. The Morgan fingerprint density at radius 3 is 2.39 bits per heavy atom. The number of carbonyl (C=O) groups is 1. The van der Waals surface area contributed by atoms with Crippen molar-refractivity contribution in [1.29, 1.82) is 0 Å². The highest BCUT2D eigenvalue weighted by atomic mass is 16.2. The van der Waals surface area contributed by atoms with Crippen LogP contribution in [0.15, 0.2) is 0 Å². The van der Waals surface area contributed by atoms with Crippen LogP contribution in [0.3, 0.4) is 0 Å². The van der Waals surface area contributed by atoms with Crippen LogP contribution >= 0.6 is 0 Å². The SMILES string of the molecule is Cc1n[nH]nc1C(=O)N[C@H](C)c1c(C)n[nH]c1C. The van der Waals surface area contributed by atoms with Crippen molar-refractivity contribution in [3.8, 4) is 0 Å². The van der Waals surface area contributed by atoms with Crippen LogP contribution in [0.1, 0.15) is 46.1 Å². The summed E-state index contributed by atoms with van der Waals surface area (Å²) in [6.45, 7) is 7.48. The topological polar surface area (TPSA) is 99.3 Å². The Labute approximate surface area is 104 Å². The van der Waals surface area contributed by atoms with Crippen molar-refractivity contribution < 1.29 is 4.79 Å². The van der Waals surface area contributed by atoms with Gasteiger partial charge >= 0.3 is 0 Å². The van der Waals surface area contributed by atoms with Gasteiger partial charge in [0.25, 0.3) is 5.91 Å². The molecule has 0 radical (unpaired) electrons. The van der Waals surface area contributed by atoms with E-state index in [1.54, 1.807) is 6.92 Å². The van der Waals surface area contributed by atoms with Crippen LogP contribution in [0.25, 0.3) is 0 Å². The highest BCUT2D eigenvalue weighted by Gasteiger charge is 2.19. The molecule has 0 bridgehead atoms. The summed E-state index contributed by atoms with van der Waals surface area (Å²) >= 11 is 0. The summed E-state index contributed by atoms with van der Waals surface area (Å²) in [4.78, 5) is 12.0. The number of carbonyl (C=O) groups excluding carboxylic acids is 1. The molecule has 0 aromatic carbocycles. The summed E-state index contributed by atoms with van der Waals surface area (Å²) in [7, 11) is 0. The number of H-pyrrole nitrogens is 2. The lowest BCUT2D eigenvalue weighted by atomic mass is 10.1. The third kappa shape index (κ3) is 2.11. The van der Waals surface area contributed by atoms with Gasteiger partial charge in [0.05, 0.1) is 17.4 Å². The Hall–Kier alpha value is -2.18. The lowest BCUT2D eigenvalue weighted by Gasteiger charge is -2.13. The molecule has 0 spiro atoms. The van der Waals surface area contributed by atoms with Crippen LogP contribution in [0.5, 0.6) is 0 Å². The first-order chi connectivity index (χ1) is 8.50. The van der Waals surface area contributed by atoms with Gasteiger partial charge in [0.15, 0.2) is 5.69 Å². The van der Waals surface area contributed by atoms with Crippen LogP contribution < -0.4 is 5.32 Å². The molecule has 0 saturated heterocycles. The van der Waals surface area contributed by atoms with Crippen molar-refractivity contribution in [2.75, 3.05) is 0 Å². The number of hydrogen-bond acceptors (Lipinski definition) is 4. The molecular formula is C11H16N6O. The number of nitrogens with one attached hydrogen (secondary N) is 3. The van der Waals surface area contributed by atoms with Gasteiger partial charge in [0.2, 0.25) is 0 Å². The molecule has 0 unspecified atom stereocenters. The third-order valence-electron chi connectivity index (χ3n) is 2.90. The summed E-state index contributed by atoms with van der Waals surface area (Å²) in [5.41, 5.74) is 3.75. The minimum Gasteiger partial charge on any atom is -0.344 e. The molecule has 7 heteroatoms. The number of aromatic amines is 2. The Morgan fingerprint density at radius 1 is 1.17 bits per heavy atom. The fraction of sp³-hybridized carbons (Fsp3) is 0.455. The van der Waals surface area contributed by atoms with E-state index in [9.17, 15) is 4.79 Å². The molecule has 0 aliphatic rings. The molecule has 1 atom stereocenters. The quantitative estimate of drug-likeness (QED) is 0.752. The van der Waals surface area contributed by atoms with Crippen molar-refractivity contribution in [2.45, 2.75) is 33.7 Å². The van der Waals surface area contributed by atoms with E-state index in [0.29, 0.717) is 11.4 Å². The van der Waals surface area contributed by atoms with E-state index in [-0.39, 0.29) is 11.9 Å². The number of hydrogen-bond donors (Lipinski definition) is 3. The standard InChI is InChI=1S/C11H16N6O/c1-5(9-6(2)13-14-7(9)3)12-11(18)10-8(4)15-17-16-10/h5H,1-4H3,(H,12,18)(H,13,14)(H,15,16,17)/t5-/m1/s1. The predicted octanol–water partition coefficient (Wildman–Crippen LogP) is 0.944. The number of amides is 1. The van der Waals surface area contributed by atoms with Crippen molar-refractivity contribution >= 4 is 5.91 Å². The summed E-state index contributed by atoms with van der Waals surface area (Å²) in [6, 6.07) is -0.132. The monoisotopic (exact) mass is 248 g/mol. The lowest BCUT2D eigenvalue weighted by Crippen LogP contribution is -2.28. The maximum absolute atomic E-state index is 12.0. The maximum atomic E-state index is 12.0. The highest BCUT2D eigenvalue weighted by Crippen LogP contribution is 2.19. The van der Waals surface area contributed by atoms with Gasteiger partial charge in [-0.25, -0.2) is 0 Å². The molecule has 2 rings (SSSR count). The first-order valence-electron chi connectivity index (χ1n) is 5.70. The molecule has 96 valence electrons. The van der Waals surface area contributed by atoms with Crippen molar-refractivity contribution in [3.63, 3.8) is 0 Å². The predicted molar refractivity (Wildman–Crippen MR) is 65.1 cm³/mol. The molecule has 1 amide bonds. The largest absolute Gasteiger partial charge is 0.344 e. The fourth-order valence-electron chi connectivity index (χ4n) is 2.03. The first-order valence-corrected chi connectivity index (χ1v) is 5.70. The molecule has 0 saturated carbocycles. The van der Waals surface area contributed by atoms with E-state index >= 15 is 0 Å². The van der Waals surface area contributed by atoms with Gasteiger partial charge in [-0.15, -0.1) is 0 Å². The van der Waals surface area contributed by atoms with Gasteiger partial charge in [-0.2, -0.15) is 20.5 Å². The van der Waals surface area contributed by atoms with Crippen LogP contribution in [0, 0.1) is 20.8 Å². The zero-order valence-electron chi connectivity index (χ0n) is 10.8. The highest BCUT2D eigenvalue weighted by molar-refractivity contribution is 5.93. The Bertz CT molecular complexity index is 550. The van der Waals surface area contributed by atoms with E-state index in [1.165, 1.54) is 0 Å². The second-order valence-corrected chi connectivity index (χ2v) is 4.30. The van der Waals surface area contributed by atoms with Crippen molar-refractivity contribution in [2.24, 2.45) is 0 Å². The van der Waals surface area contributed by atoms with E-state index < -0.39 is 0 Å². The molecule has 18 heavy (non-hydrogen) atoms. The zero-order chi connectivity index (χ0) is 13.3. The van der Waals surface area contributed by atoms with E-state index in [0.717, 1.165) is 17.0 Å². The lowest BCUT2D eigenvalue weighted by molar-refractivity contribution is 0.0934. The van der Waals surface area contributed by atoms with Crippen LogP contribution in [-0.4, -0.2) is 31.5 Å². The molecular weight excluding hydrogens is 232 g/mol. The van der Waals surface area contributed by atoms with E-state index in [1.807, 2.05) is 20.8 Å².